The van der Waals surface area contributed by atoms with Crippen molar-refractivity contribution in [2.24, 2.45) is 0 Å². The Kier molecular flexibility index (Phi) is 16.9. The van der Waals surface area contributed by atoms with Crippen LogP contribution >= 0.6 is 0 Å². The largest absolute Gasteiger partial charge is 0.396 e. The zero-order valence-electron chi connectivity index (χ0n) is 12.9. The summed E-state index contributed by atoms with van der Waals surface area (Å²) < 4.78 is 0. The van der Waals surface area contributed by atoms with Crippen molar-refractivity contribution in [2.45, 2.75) is 84.0 Å². The molecule has 0 rings (SSSR count). The normalized spacial score (nSPS) is 11.9. The first-order valence-electron chi connectivity index (χ1n) is 8.34. The molecule has 112 valence electrons. The first-order valence-corrected chi connectivity index (χ1v) is 8.34. The van der Waals surface area contributed by atoms with Gasteiger partial charge in [-0.15, -0.1) is 0 Å². The highest BCUT2D eigenvalue weighted by atomic mass is 16.2. The standard InChI is InChI=1S/C18H34O/c1-2-3-4-5-6-7-8-9-10-11-12-13-14-15-16-17-18-19/h12-15,19H,2-11,16-18H2,1H3. The van der Waals surface area contributed by atoms with Gasteiger partial charge in [-0.1, -0.05) is 82.6 Å². The topological polar surface area (TPSA) is 20.2 Å². The van der Waals surface area contributed by atoms with Gasteiger partial charge < -0.3 is 5.11 Å². The van der Waals surface area contributed by atoms with Gasteiger partial charge >= 0.3 is 0 Å². The molecule has 0 bridgehead atoms. The summed E-state index contributed by atoms with van der Waals surface area (Å²) in [4.78, 5) is 0. The van der Waals surface area contributed by atoms with Gasteiger partial charge in [0.2, 0.25) is 0 Å². The van der Waals surface area contributed by atoms with Gasteiger partial charge in [0.25, 0.3) is 0 Å². The van der Waals surface area contributed by atoms with Crippen LogP contribution in [0, 0.1) is 0 Å². The van der Waals surface area contributed by atoms with Gasteiger partial charge in [0.05, 0.1) is 0 Å². The van der Waals surface area contributed by atoms with E-state index in [9.17, 15) is 0 Å². The molecule has 1 heteroatoms. The zero-order valence-corrected chi connectivity index (χ0v) is 12.9. The maximum atomic E-state index is 8.62. The van der Waals surface area contributed by atoms with Crippen LogP contribution in [0.5, 0.6) is 0 Å². The molecular weight excluding hydrogens is 232 g/mol. The lowest BCUT2D eigenvalue weighted by molar-refractivity contribution is 0.289. The van der Waals surface area contributed by atoms with Crippen molar-refractivity contribution >= 4 is 0 Å². The maximum Gasteiger partial charge on any atom is 0.0433 e. The van der Waals surface area contributed by atoms with Crippen LogP contribution in [-0.4, -0.2) is 11.7 Å². The summed E-state index contributed by atoms with van der Waals surface area (Å²) in [6, 6.07) is 0. The summed E-state index contributed by atoms with van der Waals surface area (Å²) in [7, 11) is 0. The van der Waals surface area contributed by atoms with Crippen molar-refractivity contribution in [1.29, 1.82) is 0 Å². The average Bonchev–Trinajstić information content (AvgIpc) is 2.43. The molecule has 0 heterocycles. The van der Waals surface area contributed by atoms with Crippen molar-refractivity contribution < 1.29 is 5.11 Å². The Balaban J connectivity index is 3.09. The summed E-state index contributed by atoms with van der Waals surface area (Å²) in [6.07, 6.45) is 24.3. The van der Waals surface area contributed by atoms with E-state index in [1.165, 1.54) is 64.2 Å². The third-order valence-electron chi connectivity index (χ3n) is 3.39. The van der Waals surface area contributed by atoms with E-state index < -0.39 is 0 Å². The second-order valence-electron chi connectivity index (χ2n) is 5.34. The van der Waals surface area contributed by atoms with E-state index in [-0.39, 0.29) is 0 Å². The van der Waals surface area contributed by atoms with E-state index in [2.05, 4.69) is 31.2 Å². The second-order valence-corrected chi connectivity index (χ2v) is 5.34. The van der Waals surface area contributed by atoms with Crippen molar-refractivity contribution in [3.05, 3.63) is 24.3 Å². The van der Waals surface area contributed by atoms with Gasteiger partial charge in [-0.05, 0) is 25.7 Å². The van der Waals surface area contributed by atoms with Gasteiger partial charge in [0.1, 0.15) is 0 Å². The fraction of sp³-hybridized carbons (Fsp3) is 0.778. The molecule has 19 heavy (non-hydrogen) atoms. The zero-order chi connectivity index (χ0) is 14.0. The molecule has 0 aromatic carbocycles. The Labute approximate surface area is 120 Å². The van der Waals surface area contributed by atoms with E-state index in [1.54, 1.807) is 0 Å². The van der Waals surface area contributed by atoms with Crippen molar-refractivity contribution in [3.8, 4) is 0 Å². The quantitative estimate of drug-likeness (QED) is 0.311. The van der Waals surface area contributed by atoms with E-state index in [1.807, 2.05) is 0 Å². The third kappa shape index (κ3) is 17.4. The van der Waals surface area contributed by atoms with Crippen LogP contribution < -0.4 is 0 Å². The molecular formula is C18H34O. The highest BCUT2D eigenvalue weighted by Gasteiger charge is 1.90. The molecule has 1 nitrogen and oxygen atoms in total. The first kappa shape index (κ1) is 18.4. The molecule has 0 saturated heterocycles. The Bertz CT molecular complexity index is 206. The highest BCUT2D eigenvalue weighted by molar-refractivity contribution is 5.02. The van der Waals surface area contributed by atoms with Crippen LogP contribution in [0.4, 0.5) is 0 Å². The minimum Gasteiger partial charge on any atom is -0.396 e. The van der Waals surface area contributed by atoms with E-state index in [0.29, 0.717) is 6.61 Å². The molecule has 0 aliphatic heterocycles. The van der Waals surface area contributed by atoms with Crippen molar-refractivity contribution in [1.82, 2.24) is 0 Å². The predicted octanol–water partition coefficient (Wildman–Crippen LogP) is 5.79. The number of allylic oxidation sites excluding steroid dienone is 4. The summed E-state index contributed by atoms with van der Waals surface area (Å²) in [5, 5.41) is 8.62. The lowest BCUT2D eigenvalue weighted by Gasteiger charge is -2.00. The summed E-state index contributed by atoms with van der Waals surface area (Å²) in [5.74, 6) is 0. The molecule has 1 N–H and O–H groups in total. The lowest BCUT2D eigenvalue weighted by Crippen LogP contribution is -1.80. The van der Waals surface area contributed by atoms with Gasteiger partial charge in [0.15, 0.2) is 0 Å². The Morgan fingerprint density at radius 2 is 1.11 bits per heavy atom. The molecule has 0 aromatic heterocycles. The maximum absolute atomic E-state index is 8.62. The molecule has 0 aromatic rings. The van der Waals surface area contributed by atoms with Crippen LogP contribution in [0.15, 0.2) is 24.3 Å². The van der Waals surface area contributed by atoms with Crippen LogP contribution in [0.2, 0.25) is 0 Å². The van der Waals surface area contributed by atoms with Gasteiger partial charge in [-0.2, -0.15) is 0 Å². The van der Waals surface area contributed by atoms with Crippen LogP contribution in [0.1, 0.15) is 84.0 Å². The Hall–Kier alpha value is -0.560. The predicted molar refractivity (Wildman–Crippen MR) is 86.4 cm³/mol. The van der Waals surface area contributed by atoms with Crippen LogP contribution in [0.3, 0.4) is 0 Å². The minimum atomic E-state index is 0.298. The van der Waals surface area contributed by atoms with Gasteiger partial charge in [-0.3, -0.25) is 0 Å². The van der Waals surface area contributed by atoms with Crippen LogP contribution in [-0.2, 0) is 0 Å². The fourth-order valence-corrected chi connectivity index (χ4v) is 2.13. The number of aliphatic hydroxyl groups excluding tert-OH is 1. The Morgan fingerprint density at radius 3 is 1.63 bits per heavy atom. The number of unbranched alkanes of at least 4 members (excludes halogenated alkanes) is 10. The third-order valence-corrected chi connectivity index (χ3v) is 3.39. The number of hydrogen-bond donors (Lipinski definition) is 1. The molecule has 0 saturated carbocycles. The number of rotatable bonds is 14. The number of hydrogen-bond acceptors (Lipinski definition) is 1. The smallest absolute Gasteiger partial charge is 0.0433 e. The lowest BCUT2D eigenvalue weighted by atomic mass is 10.1. The summed E-state index contributed by atoms with van der Waals surface area (Å²) in [6.45, 7) is 2.57. The number of aliphatic hydroxyl groups is 1. The van der Waals surface area contributed by atoms with Crippen molar-refractivity contribution in [2.75, 3.05) is 6.61 Å². The molecule has 0 aliphatic rings. The van der Waals surface area contributed by atoms with E-state index in [0.717, 1.165) is 12.8 Å². The molecule has 0 amide bonds. The first-order chi connectivity index (χ1) is 9.41. The van der Waals surface area contributed by atoms with Crippen LogP contribution in [0.25, 0.3) is 0 Å². The SMILES string of the molecule is CCCCCCCCCCCC=CC=CCCCO. The van der Waals surface area contributed by atoms with E-state index >= 15 is 0 Å². The average molecular weight is 266 g/mol. The fourth-order valence-electron chi connectivity index (χ4n) is 2.13. The second kappa shape index (κ2) is 17.4. The Morgan fingerprint density at radius 1 is 0.632 bits per heavy atom. The van der Waals surface area contributed by atoms with Gasteiger partial charge in [-0.25, -0.2) is 0 Å². The molecule has 0 unspecified atom stereocenters. The molecule has 0 fully saturated rings. The molecule has 0 radical (unpaired) electrons. The monoisotopic (exact) mass is 266 g/mol. The molecule has 0 spiro atoms. The van der Waals surface area contributed by atoms with E-state index in [4.69, 9.17) is 5.11 Å². The minimum absolute atomic E-state index is 0.298. The molecule has 0 atom stereocenters. The van der Waals surface area contributed by atoms with Crippen molar-refractivity contribution in [3.63, 3.8) is 0 Å². The van der Waals surface area contributed by atoms with Gasteiger partial charge in [0, 0.05) is 6.61 Å². The highest BCUT2D eigenvalue weighted by Crippen LogP contribution is 2.10. The molecule has 0 aliphatic carbocycles. The summed E-state index contributed by atoms with van der Waals surface area (Å²) in [5.41, 5.74) is 0. The summed E-state index contributed by atoms with van der Waals surface area (Å²) >= 11 is 0.